The normalized spacial score (nSPS) is 4.00. The Morgan fingerprint density at radius 3 is 2.25 bits per heavy atom. The molecule has 22 valence electrons. The van der Waals surface area contributed by atoms with Gasteiger partial charge in [-0.25, -0.2) is 4.84 Å². The molecule has 2 heteroatoms. The molecule has 0 spiro atoms. The lowest BCUT2D eigenvalue weighted by Crippen LogP contribution is -1.49. The molecular weight excluding hydrogens is 54.0 g/mol. The van der Waals surface area contributed by atoms with Crippen molar-refractivity contribution < 1.29 is 4.84 Å². The second-order valence-corrected chi connectivity index (χ2v) is 0.274. The summed E-state index contributed by atoms with van der Waals surface area (Å²) in [6.45, 7) is 5.85. The molecule has 0 radical (unpaired) electrons. The molecule has 0 rings (SSSR count). The van der Waals surface area contributed by atoms with E-state index < -0.39 is 0 Å². The molecule has 0 aliphatic rings. The van der Waals surface area contributed by atoms with Crippen LogP contribution in [0, 0.1) is 6.57 Å². The van der Waals surface area contributed by atoms with E-state index in [0.29, 0.717) is 0 Å². The van der Waals surface area contributed by atoms with Crippen LogP contribution in [0.15, 0.2) is 0 Å². The summed E-state index contributed by atoms with van der Waals surface area (Å²) in [6, 6.07) is 0. The maximum atomic E-state index is 5.85. The van der Waals surface area contributed by atoms with Gasteiger partial charge in [-0.2, -0.15) is 6.57 Å². The first-order valence-corrected chi connectivity index (χ1v) is 0.814. The van der Waals surface area contributed by atoms with E-state index in [2.05, 4.69) is 9.85 Å². The third kappa shape index (κ3) is 1.29. The molecular formula is C2H3NO. The second-order valence-electron chi connectivity index (χ2n) is 0.274. The standard InChI is InChI=1S/C2H3NO/c1-3-4-2/h2H3. The van der Waals surface area contributed by atoms with Gasteiger partial charge in [0.2, 0.25) is 0 Å². The van der Waals surface area contributed by atoms with Crippen molar-refractivity contribution in [2.45, 2.75) is 0 Å². The molecule has 0 aliphatic carbocycles. The van der Waals surface area contributed by atoms with E-state index in [1.807, 2.05) is 0 Å². The van der Waals surface area contributed by atoms with Gasteiger partial charge in [-0.3, -0.25) is 0 Å². The van der Waals surface area contributed by atoms with E-state index in [1.54, 1.807) is 0 Å². The largest absolute Gasteiger partial charge is 0.203 e. The zero-order valence-corrected chi connectivity index (χ0v) is 2.36. The second kappa shape index (κ2) is 2.29. The maximum Gasteiger partial charge on any atom is 0.164 e. The lowest BCUT2D eigenvalue weighted by Gasteiger charge is -1.56. The molecule has 0 aromatic heterocycles. The zero-order valence-electron chi connectivity index (χ0n) is 2.36. The topological polar surface area (TPSA) is 13.6 Å². The Hall–Kier alpha value is -0.710. The van der Waals surface area contributed by atoms with Gasteiger partial charge in [0.1, 0.15) is 0 Å². The van der Waals surface area contributed by atoms with Crippen molar-refractivity contribution in [1.82, 2.24) is 0 Å². The first-order chi connectivity index (χ1) is 1.91. The molecule has 0 aliphatic heterocycles. The fourth-order valence-corrected chi connectivity index (χ4v) is 0. The summed E-state index contributed by atoms with van der Waals surface area (Å²) in [5, 5.41) is 2.49. The summed E-state index contributed by atoms with van der Waals surface area (Å²) in [6.07, 6.45) is 0. The van der Waals surface area contributed by atoms with Crippen molar-refractivity contribution in [3.05, 3.63) is 11.6 Å². The number of rotatable bonds is 0. The van der Waals surface area contributed by atoms with Gasteiger partial charge in [-0.15, -0.1) is 0 Å². The SMILES string of the molecule is [C-]#[N+]OC. The van der Waals surface area contributed by atoms with Crippen molar-refractivity contribution in [3.8, 4) is 0 Å². The van der Waals surface area contributed by atoms with E-state index in [-0.39, 0.29) is 0 Å². The Bertz CT molecular complexity index is 35.8. The highest BCUT2D eigenvalue weighted by Gasteiger charge is 1.41. The van der Waals surface area contributed by atoms with E-state index in [4.69, 9.17) is 6.57 Å². The molecule has 0 fully saturated rings. The number of hydrogen-bond donors (Lipinski definition) is 0. The van der Waals surface area contributed by atoms with Crippen LogP contribution in [0.4, 0.5) is 0 Å². The fourth-order valence-electron chi connectivity index (χ4n) is 0. The maximum absolute atomic E-state index is 5.85. The van der Waals surface area contributed by atoms with Gasteiger partial charge < -0.3 is 0 Å². The van der Waals surface area contributed by atoms with Crippen molar-refractivity contribution >= 4 is 0 Å². The van der Waals surface area contributed by atoms with Crippen LogP contribution in [0.25, 0.3) is 5.01 Å². The van der Waals surface area contributed by atoms with Gasteiger partial charge in [0.05, 0.1) is 0 Å². The molecule has 0 aromatic rings. The van der Waals surface area contributed by atoms with Gasteiger partial charge in [0, 0.05) is 0 Å². The summed E-state index contributed by atoms with van der Waals surface area (Å²) in [4.78, 5) is 3.83. The molecule has 0 atom stereocenters. The Labute approximate surface area is 24.8 Å². The predicted octanol–water partition coefficient (Wildman–Crippen LogP) is 0.467. The quantitative estimate of drug-likeness (QED) is 0.291. The van der Waals surface area contributed by atoms with Gasteiger partial charge in [0.15, 0.2) is 7.11 Å². The van der Waals surface area contributed by atoms with Crippen molar-refractivity contribution in [2.75, 3.05) is 7.11 Å². The van der Waals surface area contributed by atoms with Gasteiger partial charge >= 0.3 is 0 Å². The van der Waals surface area contributed by atoms with E-state index >= 15 is 0 Å². The molecule has 0 saturated carbocycles. The predicted molar refractivity (Wildman–Crippen MR) is 13.6 cm³/mol. The molecule has 0 aromatic carbocycles. The Morgan fingerprint density at radius 2 is 2.25 bits per heavy atom. The molecule has 0 bridgehead atoms. The van der Waals surface area contributed by atoms with E-state index in [1.165, 1.54) is 7.11 Å². The lowest BCUT2D eigenvalue weighted by atomic mass is 11.7. The molecule has 2 nitrogen and oxygen atoms in total. The minimum atomic E-state index is 1.33. The van der Waals surface area contributed by atoms with Crippen molar-refractivity contribution in [2.24, 2.45) is 0 Å². The summed E-state index contributed by atoms with van der Waals surface area (Å²) >= 11 is 0. The summed E-state index contributed by atoms with van der Waals surface area (Å²) in [5.74, 6) is 0. The third-order valence-electron chi connectivity index (χ3n) is 0.0913. The molecule has 0 saturated heterocycles. The average molecular weight is 57.1 g/mol. The van der Waals surface area contributed by atoms with Crippen molar-refractivity contribution in [1.29, 1.82) is 0 Å². The van der Waals surface area contributed by atoms with Crippen LogP contribution in [0.3, 0.4) is 0 Å². The van der Waals surface area contributed by atoms with Crippen LogP contribution < -0.4 is 0 Å². The van der Waals surface area contributed by atoms with Crippen LogP contribution >= 0.6 is 0 Å². The monoisotopic (exact) mass is 57.0 g/mol. The van der Waals surface area contributed by atoms with Crippen LogP contribution in [-0.4, -0.2) is 7.11 Å². The molecule has 4 heavy (non-hydrogen) atoms. The minimum absolute atomic E-state index is 1.33. The lowest BCUT2D eigenvalue weighted by molar-refractivity contribution is 0.330. The number of hydrogen-bond acceptors (Lipinski definition) is 1. The smallest absolute Gasteiger partial charge is 0.164 e. The summed E-state index contributed by atoms with van der Waals surface area (Å²) in [7, 11) is 1.33. The van der Waals surface area contributed by atoms with Crippen LogP contribution in [0.2, 0.25) is 0 Å². The number of nitrogens with zero attached hydrogens (tertiary/aromatic N) is 1. The average Bonchev–Trinajstić information content (AvgIpc) is 1.37. The van der Waals surface area contributed by atoms with Crippen LogP contribution in [0.5, 0.6) is 0 Å². The summed E-state index contributed by atoms with van der Waals surface area (Å²) < 4.78 is 0. The highest BCUT2D eigenvalue weighted by molar-refractivity contribution is 4.15. The van der Waals surface area contributed by atoms with Crippen LogP contribution in [0.1, 0.15) is 0 Å². The van der Waals surface area contributed by atoms with E-state index in [9.17, 15) is 0 Å². The molecule has 0 heterocycles. The zero-order chi connectivity index (χ0) is 3.41. The van der Waals surface area contributed by atoms with Crippen LogP contribution in [-0.2, 0) is 4.84 Å². The van der Waals surface area contributed by atoms with Gasteiger partial charge in [0.25, 0.3) is 0 Å². The first-order valence-electron chi connectivity index (χ1n) is 0.814. The molecule has 0 unspecified atom stereocenters. The fraction of sp³-hybridized carbons (Fsp3) is 0.500. The molecule has 0 N–H and O–H groups in total. The minimum Gasteiger partial charge on any atom is -0.203 e. The molecule has 0 amide bonds. The summed E-state index contributed by atoms with van der Waals surface area (Å²) in [5.41, 5.74) is 0. The Balaban J connectivity index is 2.43. The van der Waals surface area contributed by atoms with Crippen molar-refractivity contribution in [3.63, 3.8) is 0 Å². The Kier molecular flexibility index (Phi) is 1.88. The van der Waals surface area contributed by atoms with Gasteiger partial charge in [-0.05, 0) is 5.01 Å². The van der Waals surface area contributed by atoms with Gasteiger partial charge in [-0.1, -0.05) is 0 Å². The third-order valence-corrected chi connectivity index (χ3v) is 0.0913. The van der Waals surface area contributed by atoms with E-state index in [0.717, 1.165) is 0 Å². The highest BCUT2D eigenvalue weighted by atomic mass is 16.6. The highest BCUT2D eigenvalue weighted by Crippen LogP contribution is 1.52. The first kappa shape index (κ1) is 3.29. The Morgan fingerprint density at radius 1 is 2.00 bits per heavy atom.